The van der Waals surface area contributed by atoms with Gasteiger partial charge < -0.3 is 0 Å². The molecule has 1 heteroatoms. The molecule has 0 heterocycles. The summed E-state index contributed by atoms with van der Waals surface area (Å²) in [7, 11) is 0. The molecule has 0 spiro atoms. The lowest BCUT2D eigenvalue weighted by Crippen LogP contribution is -2.30. The average molecular weight is 397 g/mol. The average Bonchev–Trinajstić information content (AvgIpc) is 2.75. The summed E-state index contributed by atoms with van der Waals surface area (Å²) >= 11 is 0. The molecular formula is C28H41F. The smallest absolute Gasteiger partial charge is 0.126 e. The van der Waals surface area contributed by atoms with Crippen LogP contribution < -0.4 is 0 Å². The van der Waals surface area contributed by atoms with Crippen molar-refractivity contribution in [3.05, 3.63) is 47.3 Å². The molecule has 5 unspecified atom stereocenters. The van der Waals surface area contributed by atoms with Crippen LogP contribution in [0.2, 0.25) is 0 Å². The molecular weight excluding hydrogens is 355 g/mol. The Balaban J connectivity index is 1.40. The van der Waals surface area contributed by atoms with Crippen molar-refractivity contribution in [2.24, 2.45) is 23.7 Å². The Bertz CT molecular complexity index is 690. The fourth-order valence-corrected chi connectivity index (χ4v) is 6.81. The molecule has 2 fully saturated rings. The number of rotatable bonds is 7. The second-order valence-electron chi connectivity index (χ2n) is 10.5. The molecule has 2 saturated carbocycles. The van der Waals surface area contributed by atoms with Crippen molar-refractivity contribution in [3.63, 3.8) is 0 Å². The van der Waals surface area contributed by atoms with Crippen LogP contribution in [0.25, 0.3) is 0 Å². The molecule has 3 aliphatic rings. The second kappa shape index (κ2) is 9.80. The third-order valence-electron chi connectivity index (χ3n) is 8.56. The molecule has 0 N–H and O–H groups in total. The van der Waals surface area contributed by atoms with E-state index >= 15 is 4.39 Å². The standard InChI is InChI=1S/C28H41F/c1-3-5-7-20-9-11-23-17-25(14-13-22(23)15-20)27-18-24-12-10-21(8-6-4-2)16-26(24)19-28(27)29/h3,18-23,25H,1,4-17H2,2H3. The highest BCUT2D eigenvalue weighted by Gasteiger charge is 2.36. The van der Waals surface area contributed by atoms with E-state index in [2.05, 4.69) is 25.6 Å². The van der Waals surface area contributed by atoms with Gasteiger partial charge in [-0.3, -0.25) is 0 Å². The van der Waals surface area contributed by atoms with E-state index < -0.39 is 0 Å². The second-order valence-corrected chi connectivity index (χ2v) is 10.5. The monoisotopic (exact) mass is 396 g/mol. The lowest BCUT2D eigenvalue weighted by molar-refractivity contribution is 0.114. The first-order valence-electron chi connectivity index (χ1n) is 12.6. The zero-order valence-electron chi connectivity index (χ0n) is 18.6. The van der Waals surface area contributed by atoms with Crippen molar-refractivity contribution in [2.45, 2.75) is 103 Å². The molecule has 0 nitrogen and oxygen atoms in total. The Morgan fingerprint density at radius 1 is 0.966 bits per heavy atom. The van der Waals surface area contributed by atoms with E-state index in [0.717, 1.165) is 35.7 Å². The van der Waals surface area contributed by atoms with Crippen LogP contribution in [-0.4, -0.2) is 0 Å². The fourth-order valence-electron chi connectivity index (χ4n) is 6.81. The van der Waals surface area contributed by atoms with Crippen molar-refractivity contribution in [3.8, 4) is 0 Å². The van der Waals surface area contributed by atoms with E-state index in [-0.39, 0.29) is 5.82 Å². The van der Waals surface area contributed by atoms with Gasteiger partial charge in [0.2, 0.25) is 0 Å². The van der Waals surface area contributed by atoms with E-state index in [9.17, 15) is 0 Å². The number of hydrogen-bond acceptors (Lipinski definition) is 0. The van der Waals surface area contributed by atoms with Crippen LogP contribution in [0.1, 0.15) is 107 Å². The lowest BCUT2D eigenvalue weighted by atomic mass is 9.63. The molecule has 0 bridgehead atoms. The summed E-state index contributed by atoms with van der Waals surface area (Å²) in [6, 6.07) is 4.22. The summed E-state index contributed by atoms with van der Waals surface area (Å²) in [5.74, 6) is 3.98. The highest BCUT2D eigenvalue weighted by atomic mass is 19.1. The number of allylic oxidation sites excluding steroid dienone is 1. The summed E-state index contributed by atoms with van der Waals surface area (Å²) in [6.07, 6.45) is 20.0. The Morgan fingerprint density at radius 2 is 1.79 bits per heavy atom. The maximum Gasteiger partial charge on any atom is 0.126 e. The van der Waals surface area contributed by atoms with Crippen LogP contribution in [0, 0.1) is 29.5 Å². The zero-order chi connectivity index (χ0) is 20.2. The Kier molecular flexibility index (Phi) is 7.14. The van der Waals surface area contributed by atoms with E-state index in [0.29, 0.717) is 5.92 Å². The van der Waals surface area contributed by atoms with Crippen molar-refractivity contribution in [1.82, 2.24) is 0 Å². The van der Waals surface area contributed by atoms with E-state index in [1.807, 2.05) is 6.07 Å². The van der Waals surface area contributed by atoms with Crippen molar-refractivity contribution in [1.29, 1.82) is 0 Å². The van der Waals surface area contributed by atoms with E-state index in [1.165, 1.54) is 94.6 Å². The molecule has 4 rings (SSSR count). The predicted octanol–water partition coefficient (Wildman–Crippen LogP) is 8.39. The minimum Gasteiger partial charge on any atom is -0.207 e. The molecule has 0 aliphatic heterocycles. The topological polar surface area (TPSA) is 0 Å². The predicted molar refractivity (Wildman–Crippen MR) is 122 cm³/mol. The van der Waals surface area contributed by atoms with Gasteiger partial charge in [0.1, 0.15) is 5.82 Å². The molecule has 0 aromatic heterocycles. The number of aryl methyl sites for hydroxylation is 1. The molecule has 1 aromatic rings. The molecule has 29 heavy (non-hydrogen) atoms. The van der Waals surface area contributed by atoms with Crippen LogP contribution in [0.5, 0.6) is 0 Å². The Labute approximate surface area is 178 Å². The number of unbranched alkanes of at least 4 members (excludes halogenated alkanes) is 1. The SMILES string of the molecule is C=CCCC1CCC2CC(c3cc4c(cc3F)CC(CCCC)CC4)CCC2C1. The molecule has 0 amide bonds. The van der Waals surface area contributed by atoms with Crippen LogP contribution in [0.15, 0.2) is 24.8 Å². The normalized spacial score (nSPS) is 31.7. The summed E-state index contributed by atoms with van der Waals surface area (Å²) in [5.41, 5.74) is 3.84. The van der Waals surface area contributed by atoms with Gasteiger partial charge in [0, 0.05) is 0 Å². The quantitative estimate of drug-likeness (QED) is 0.406. The van der Waals surface area contributed by atoms with Crippen LogP contribution in [0.3, 0.4) is 0 Å². The summed E-state index contributed by atoms with van der Waals surface area (Å²) in [4.78, 5) is 0. The van der Waals surface area contributed by atoms with E-state index in [4.69, 9.17) is 0 Å². The van der Waals surface area contributed by atoms with Gasteiger partial charge in [-0.05, 0) is 117 Å². The Morgan fingerprint density at radius 3 is 2.62 bits per heavy atom. The molecule has 0 saturated heterocycles. The number of hydrogen-bond donors (Lipinski definition) is 0. The minimum atomic E-state index is 0.100. The first-order chi connectivity index (χ1) is 14.2. The number of benzene rings is 1. The summed E-state index contributed by atoms with van der Waals surface area (Å²) in [6.45, 7) is 6.16. The van der Waals surface area contributed by atoms with Crippen LogP contribution in [-0.2, 0) is 12.8 Å². The van der Waals surface area contributed by atoms with Gasteiger partial charge >= 0.3 is 0 Å². The summed E-state index contributed by atoms with van der Waals surface area (Å²) < 4.78 is 15.2. The van der Waals surface area contributed by atoms with Crippen molar-refractivity contribution >= 4 is 0 Å². The van der Waals surface area contributed by atoms with Gasteiger partial charge in [-0.15, -0.1) is 6.58 Å². The zero-order valence-corrected chi connectivity index (χ0v) is 18.6. The minimum absolute atomic E-state index is 0.100. The first kappa shape index (κ1) is 21.1. The van der Waals surface area contributed by atoms with Gasteiger partial charge in [-0.1, -0.05) is 44.7 Å². The summed E-state index contributed by atoms with van der Waals surface area (Å²) in [5, 5.41) is 0. The molecule has 160 valence electrons. The van der Waals surface area contributed by atoms with Crippen molar-refractivity contribution in [2.75, 3.05) is 0 Å². The maximum atomic E-state index is 15.2. The highest BCUT2D eigenvalue weighted by molar-refractivity contribution is 5.37. The van der Waals surface area contributed by atoms with E-state index in [1.54, 1.807) is 0 Å². The highest BCUT2D eigenvalue weighted by Crippen LogP contribution is 2.49. The number of halogens is 1. The fraction of sp³-hybridized carbons (Fsp3) is 0.714. The lowest BCUT2D eigenvalue weighted by Gasteiger charge is -2.42. The third kappa shape index (κ3) is 4.97. The van der Waals surface area contributed by atoms with Gasteiger partial charge in [0.15, 0.2) is 0 Å². The number of fused-ring (bicyclic) bond motifs is 2. The van der Waals surface area contributed by atoms with Gasteiger partial charge in [0.25, 0.3) is 0 Å². The van der Waals surface area contributed by atoms with Gasteiger partial charge in [-0.25, -0.2) is 4.39 Å². The molecule has 5 atom stereocenters. The van der Waals surface area contributed by atoms with Crippen molar-refractivity contribution < 1.29 is 4.39 Å². The molecule has 3 aliphatic carbocycles. The first-order valence-corrected chi connectivity index (χ1v) is 12.6. The van der Waals surface area contributed by atoms with Crippen LogP contribution in [0.4, 0.5) is 4.39 Å². The maximum absolute atomic E-state index is 15.2. The molecule has 0 radical (unpaired) electrons. The van der Waals surface area contributed by atoms with Gasteiger partial charge in [-0.2, -0.15) is 0 Å². The largest absolute Gasteiger partial charge is 0.207 e. The van der Waals surface area contributed by atoms with Crippen LogP contribution >= 0.6 is 0 Å². The molecule has 1 aromatic carbocycles. The Hall–Kier alpha value is -1.11. The van der Waals surface area contributed by atoms with Gasteiger partial charge in [0.05, 0.1) is 0 Å². The third-order valence-corrected chi connectivity index (χ3v) is 8.56.